The Balaban J connectivity index is 1.50. The number of nitrogens with one attached hydrogen (secondary N) is 1. The fraction of sp³-hybridized carbons (Fsp3) is 0.158. The largest absolute Gasteiger partial charge is 0.619 e. The van der Waals surface area contributed by atoms with E-state index in [1.54, 1.807) is 28.8 Å². The molecule has 1 aliphatic heterocycles. The third-order valence-electron chi connectivity index (χ3n) is 4.78. The van der Waals surface area contributed by atoms with Crippen molar-refractivity contribution in [2.45, 2.75) is 13.0 Å². The summed E-state index contributed by atoms with van der Waals surface area (Å²) in [6.07, 6.45) is 6.68. The van der Waals surface area contributed by atoms with Crippen molar-refractivity contribution in [1.82, 2.24) is 19.6 Å². The van der Waals surface area contributed by atoms with E-state index in [4.69, 9.17) is 4.74 Å². The van der Waals surface area contributed by atoms with Crippen LogP contribution in [-0.4, -0.2) is 26.2 Å². The van der Waals surface area contributed by atoms with Crippen molar-refractivity contribution in [3.8, 4) is 16.9 Å². The minimum atomic E-state index is -0.280. The molecular formula is C19H15FN6O2. The van der Waals surface area contributed by atoms with Gasteiger partial charge in [0.15, 0.2) is 18.0 Å². The van der Waals surface area contributed by atoms with Gasteiger partial charge in [0.25, 0.3) is 0 Å². The zero-order chi connectivity index (χ0) is 19.1. The van der Waals surface area contributed by atoms with Crippen LogP contribution in [-0.2, 0) is 13.0 Å². The first kappa shape index (κ1) is 16.4. The van der Waals surface area contributed by atoms with Crippen LogP contribution in [0.15, 0.2) is 49.2 Å². The van der Waals surface area contributed by atoms with Gasteiger partial charge in [-0.15, -0.1) is 10.2 Å². The van der Waals surface area contributed by atoms with Crippen molar-refractivity contribution in [3.63, 3.8) is 0 Å². The van der Waals surface area contributed by atoms with Gasteiger partial charge in [-0.2, -0.15) is 4.73 Å². The summed E-state index contributed by atoms with van der Waals surface area (Å²) in [7, 11) is 0. The van der Waals surface area contributed by atoms with Gasteiger partial charge < -0.3 is 15.3 Å². The van der Waals surface area contributed by atoms with Gasteiger partial charge in [-0.3, -0.25) is 4.40 Å². The fourth-order valence-corrected chi connectivity index (χ4v) is 3.44. The van der Waals surface area contributed by atoms with E-state index in [1.165, 1.54) is 24.8 Å². The van der Waals surface area contributed by atoms with Gasteiger partial charge in [0.2, 0.25) is 5.95 Å². The average Bonchev–Trinajstić information content (AvgIpc) is 3.36. The molecule has 140 valence electrons. The zero-order valence-electron chi connectivity index (χ0n) is 14.7. The number of halogens is 1. The van der Waals surface area contributed by atoms with Crippen molar-refractivity contribution in [1.29, 1.82) is 0 Å². The number of hydrogen-bond donors (Lipinski definition) is 1. The van der Waals surface area contributed by atoms with Crippen LogP contribution in [0, 0.1) is 11.0 Å². The Morgan fingerprint density at radius 3 is 3.14 bits per heavy atom. The van der Waals surface area contributed by atoms with Gasteiger partial charge in [0.05, 0.1) is 17.7 Å². The fourth-order valence-electron chi connectivity index (χ4n) is 3.44. The van der Waals surface area contributed by atoms with E-state index in [-0.39, 0.29) is 12.4 Å². The highest BCUT2D eigenvalue weighted by Crippen LogP contribution is 2.31. The second-order valence-corrected chi connectivity index (χ2v) is 6.43. The molecule has 0 radical (unpaired) electrons. The lowest BCUT2D eigenvalue weighted by Crippen LogP contribution is -2.24. The molecule has 0 unspecified atom stereocenters. The zero-order valence-corrected chi connectivity index (χ0v) is 14.7. The Labute approximate surface area is 158 Å². The number of ether oxygens (including phenoxy) is 1. The molecular weight excluding hydrogens is 363 g/mol. The summed E-state index contributed by atoms with van der Waals surface area (Å²) < 4.78 is 22.3. The molecule has 5 rings (SSSR count). The molecule has 0 atom stereocenters. The molecule has 0 bridgehead atoms. The number of hydrogen-bond acceptors (Lipinski definition) is 6. The standard InChI is InChI=1S/C19H15FN6O2/c20-16-3-4-17-13(5-7-28-17)15(16)9-22-19-21-8-14(18-24-23-11-26(18)19)12-2-1-6-25(27)10-12/h1-4,6,8,10-11H,5,7,9H2,(H,21,22). The van der Waals surface area contributed by atoms with Gasteiger partial charge in [-0.05, 0) is 18.2 Å². The highest BCUT2D eigenvalue weighted by atomic mass is 19.1. The highest BCUT2D eigenvalue weighted by molar-refractivity contribution is 5.76. The third-order valence-corrected chi connectivity index (χ3v) is 4.78. The minimum Gasteiger partial charge on any atom is -0.619 e. The maximum absolute atomic E-state index is 14.3. The molecule has 1 aromatic carbocycles. The van der Waals surface area contributed by atoms with Gasteiger partial charge in [0.1, 0.15) is 17.9 Å². The summed E-state index contributed by atoms with van der Waals surface area (Å²) >= 11 is 0. The Morgan fingerprint density at radius 1 is 1.32 bits per heavy atom. The first-order chi connectivity index (χ1) is 13.7. The number of fused-ring (bicyclic) bond motifs is 2. The maximum Gasteiger partial charge on any atom is 0.210 e. The van der Waals surface area contributed by atoms with Gasteiger partial charge in [-0.1, -0.05) is 0 Å². The molecule has 0 aliphatic carbocycles. The molecule has 0 saturated heterocycles. The van der Waals surface area contributed by atoms with E-state index in [1.807, 2.05) is 0 Å². The highest BCUT2D eigenvalue weighted by Gasteiger charge is 2.20. The molecule has 0 amide bonds. The van der Waals surface area contributed by atoms with Crippen molar-refractivity contribution in [2.24, 2.45) is 0 Å². The topological polar surface area (TPSA) is 91.3 Å². The SMILES string of the molecule is [O-][n+]1cccc(-c2cnc(NCc3c(F)ccc4c3CCO4)n3cnnc23)c1. The second kappa shape index (κ2) is 6.45. The summed E-state index contributed by atoms with van der Waals surface area (Å²) in [4.78, 5) is 4.43. The van der Waals surface area contributed by atoms with E-state index in [9.17, 15) is 9.60 Å². The number of benzene rings is 1. The molecule has 0 fully saturated rings. The third kappa shape index (κ3) is 2.68. The van der Waals surface area contributed by atoms with Crippen molar-refractivity contribution in [3.05, 3.63) is 71.3 Å². The predicted octanol–water partition coefficient (Wildman–Crippen LogP) is 2.11. The predicted molar refractivity (Wildman–Crippen MR) is 98.1 cm³/mol. The van der Waals surface area contributed by atoms with E-state index in [0.29, 0.717) is 41.3 Å². The Bertz CT molecular complexity index is 1190. The minimum absolute atomic E-state index is 0.254. The quantitative estimate of drug-likeness (QED) is 0.432. The summed E-state index contributed by atoms with van der Waals surface area (Å²) in [5, 5.41) is 22.8. The number of nitrogens with zero attached hydrogens (tertiary/aromatic N) is 5. The van der Waals surface area contributed by atoms with Crippen LogP contribution in [0.2, 0.25) is 0 Å². The lowest BCUT2D eigenvalue weighted by molar-refractivity contribution is -0.604. The number of anilines is 1. The second-order valence-electron chi connectivity index (χ2n) is 6.43. The molecule has 28 heavy (non-hydrogen) atoms. The lowest BCUT2D eigenvalue weighted by Gasteiger charge is -2.12. The first-order valence-corrected chi connectivity index (χ1v) is 8.75. The number of aromatic nitrogens is 5. The normalized spacial score (nSPS) is 12.8. The van der Waals surface area contributed by atoms with Gasteiger partial charge in [0, 0.05) is 36.4 Å². The summed E-state index contributed by atoms with van der Waals surface area (Å²) in [6, 6.07) is 6.53. The van der Waals surface area contributed by atoms with Crippen LogP contribution in [0.25, 0.3) is 16.8 Å². The molecule has 1 N–H and O–H groups in total. The molecule has 3 aromatic heterocycles. The average molecular weight is 378 g/mol. The first-order valence-electron chi connectivity index (χ1n) is 8.75. The van der Waals surface area contributed by atoms with E-state index < -0.39 is 0 Å². The van der Waals surface area contributed by atoms with Crippen LogP contribution in [0.1, 0.15) is 11.1 Å². The van der Waals surface area contributed by atoms with Crippen LogP contribution >= 0.6 is 0 Å². The summed E-state index contributed by atoms with van der Waals surface area (Å²) in [5.41, 5.74) is 3.35. The van der Waals surface area contributed by atoms with Gasteiger partial charge >= 0.3 is 0 Å². The number of rotatable bonds is 4. The Hall–Kier alpha value is -3.75. The Kier molecular flexibility index (Phi) is 3.78. The summed E-state index contributed by atoms with van der Waals surface area (Å²) in [6.45, 7) is 0.815. The van der Waals surface area contributed by atoms with E-state index in [0.717, 1.165) is 16.0 Å². The molecule has 8 nitrogen and oxygen atoms in total. The molecule has 0 saturated carbocycles. The molecule has 1 aliphatic rings. The molecule has 9 heteroatoms. The van der Waals surface area contributed by atoms with Gasteiger partial charge in [-0.25, -0.2) is 9.37 Å². The smallest absolute Gasteiger partial charge is 0.210 e. The summed E-state index contributed by atoms with van der Waals surface area (Å²) in [5.74, 6) is 0.925. The van der Waals surface area contributed by atoms with Crippen molar-refractivity contribution >= 4 is 11.6 Å². The van der Waals surface area contributed by atoms with E-state index in [2.05, 4.69) is 20.5 Å². The maximum atomic E-state index is 14.3. The van der Waals surface area contributed by atoms with Crippen molar-refractivity contribution in [2.75, 3.05) is 11.9 Å². The number of pyridine rings is 1. The Morgan fingerprint density at radius 2 is 2.25 bits per heavy atom. The van der Waals surface area contributed by atoms with Crippen LogP contribution in [0.4, 0.5) is 10.3 Å². The van der Waals surface area contributed by atoms with Crippen LogP contribution in [0.5, 0.6) is 5.75 Å². The van der Waals surface area contributed by atoms with E-state index >= 15 is 0 Å². The van der Waals surface area contributed by atoms with Crippen LogP contribution in [0.3, 0.4) is 0 Å². The molecule has 4 aromatic rings. The molecule has 4 heterocycles. The van der Waals surface area contributed by atoms with Crippen LogP contribution < -0.4 is 14.8 Å². The lowest BCUT2D eigenvalue weighted by atomic mass is 10.0. The van der Waals surface area contributed by atoms with Crippen molar-refractivity contribution < 1.29 is 13.9 Å². The monoisotopic (exact) mass is 378 g/mol. The molecule has 0 spiro atoms.